The van der Waals surface area contributed by atoms with Crippen LogP contribution in [-0.2, 0) is 7.05 Å². The van der Waals surface area contributed by atoms with E-state index in [1.54, 1.807) is 25.2 Å². The number of aromatic nitrogens is 4. The van der Waals surface area contributed by atoms with Crippen molar-refractivity contribution in [3.8, 4) is 17.3 Å². The van der Waals surface area contributed by atoms with Gasteiger partial charge in [0, 0.05) is 18.7 Å². The molecule has 2 aromatic heterocycles. The van der Waals surface area contributed by atoms with E-state index in [-0.39, 0.29) is 29.9 Å². The number of halogens is 2. The average Bonchev–Trinajstić information content (AvgIpc) is 3.13. The van der Waals surface area contributed by atoms with Gasteiger partial charge < -0.3 is 10.1 Å². The number of nitrogens with zero attached hydrogens (tertiary/aromatic N) is 4. The zero-order valence-electron chi connectivity index (χ0n) is 16.4. The zero-order valence-corrected chi connectivity index (χ0v) is 16.4. The summed E-state index contributed by atoms with van der Waals surface area (Å²) in [4.78, 5) is 20.3. The molecule has 9 heteroatoms. The third kappa shape index (κ3) is 4.61. The van der Waals surface area contributed by atoms with Crippen LogP contribution in [0.5, 0.6) is 6.01 Å². The SMILES string of the molecule is Cn1nc(-c2ccc(F)cc2)cc1C(=O)NC1CCC(Oc2ncc(F)cn2)CC1. The summed E-state index contributed by atoms with van der Waals surface area (Å²) in [5.41, 5.74) is 1.79. The lowest BCUT2D eigenvalue weighted by Crippen LogP contribution is -2.40. The van der Waals surface area contributed by atoms with Gasteiger partial charge in [-0.15, -0.1) is 0 Å². The van der Waals surface area contributed by atoms with E-state index in [9.17, 15) is 13.6 Å². The van der Waals surface area contributed by atoms with Crippen LogP contribution in [0, 0.1) is 11.6 Å². The second-order valence-corrected chi connectivity index (χ2v) is 7.29. The Morgan fingerprint density at radius 2 is 1.73 bits per heavy atom. The molecule has 1 aliphatic rings. The molecular formula is C21H21F2N5O2. The van der Waals surface area contributed by atoms with Crippen LogP contribution < -0.4 is 10.1 Å². The van der Waals surface area contributed by atoms with Crippen molar-refractivity contribution < 1.29 is 18.3 Å². The minimum Gasteiger partial charge on any atom is -0.460 e. The van der Waals surface area contributed by atoms with E-state index in [0.29, 0.717) is 11.4 Å². The molecule has 0 spiro atoms. The number of aryl methyl sites for hydroxylation is 1. The molecule has 1 aromatic carbocycles. The van der Waals surface area contributed by atoms with E-state index in [2.05, 4.69) is 20.4 Å². The quantitative estimate of drug-likeness (QED) is 0.694. The van der Waals surface area contributed by atoms with Crippen LogP contribution in [-0.4, -0.2) is 37.8 Å². The molecule has 0 aliphatic heterocycles. The van der Waals surface area contributed by atoms with E-state index in [0.717, 1.165) is 43.6 Å². The monoisotopic (exact) mass is 413 g/mol. The maximum Gasteiger partial charge on any atom is 0.316 e. The Labute approximate surface area is 172 Å². The summed E-state index contributed by atoms with van der Waals surface area (Å²) in [6, 6.07) is 7.87. The highest BCUT2D eigenvalue weighted by atomic mass is 19.1. The number of ether oxygens (including phenoxy) is 1. The van der Waals surface area contributed by atoms with Crippen molar-refractivity contribution >= 4 is 5.91 Å². The van der Waals surface area contributed by atoms with Crippen molar-refractivity contribution in [1.29, 1.82) is 0 Å². The topological polar surface area (TPSA) is 81.9 Å². The lowest BCUT2D eigenvalue weighted by Gasteiger charge is -2.28. The molecule has 7 nitrogen and oxygen atoms in total. The highest BCUT2D eigenvalue weighted by molar-refractivity contribution is 5.93. The minimum absolute atomic E-state index is 0.0238. The van der Waals surface area contributed by atoms with Gasteiger partial charge in [-0.05, 0) is 56.0 Å². The normalized spacial score (nSPS) is 18.8. The van der Waals surface area contributed by atoms with Crippen LogP contribution >= 0.6 is 0 Å². The number of carbonyl (C=O) groups excluding carboxylic acids is 1. The van der Waals surface area contributed by atoms with E-state index in [1.165, 1.54) is 16.8 Å². The molecule has 1 fully saturated rings. The number of hydrogen-bond acceptors (Lipinski definition) is 5. The summed E-state index contributed by atoms with van der Waals surface area (Å²) in [5, 5.41) is 7.41. The first-order valence-corrected chi connectivity index (χ1v) is 9.73. The molecular weight excluding hydrogens is 392 g/mol. The molecule has 1 N–H and O–H groups in total. The molecule has 1 saturated carbocycles. The molecule has 1 amide bonds. The van der Waals surface area contributed by atoms with Gasteiger partial charge in [0.2, 0.25) is 0 Å². The number of rotatable bonds is 5. The standard InChI is InChI=1S/C21H21F2N5O2/c1-28-19(10-18(27-28)13-2-4-14(22)5-3-13)20(29)26-16-6-8-17(9-7-16)30-21-24-11-15(23)12-25-21/h2-5,10-12,16-17H,6-9H2,1H3,(H,26,29). The van der Waals surface area contributed by atoms with Crippen LogP contribution in [0.2, 0.25) is 0 Å². The molecule has 1 aliphatic carbocycles. The summed E-state index contributed by atoms with van der Waals surface area (Å²) in [5.74, 6) is -1.03. The molecule has 3 aromatic rings. The van der Waals surface area contributed by atoms with Crippen molar-refractivity contribution in [2.75, 3.05) is 0 Å². The Morgan fingerprint density at radius 1 is 1.07 bits per heavy atom. The second kappa shape index (κ2) is 8.56. The van der Waals surface area contributed by atoms with Crippen molar-refractivity contribution in [2.24, 2.45) is 7.05 Å². The lowest BCUT2D eigenvalue weighted by molar-refractivity contribution is 0.0876. The van der Waals surface area contributed by atoms with Gasteiger partial charge >= 0.3 is 6.01 Å². The first-order chi connectivity index (χ1) is 14.5. The molecule has 156 valence electrons. The van der Waals surface area contributed by atoms with Crippen molar-refractivity contribution in [3.63, 3.8) is 0 Å². The maximum absolute atomic E-state index is 13.1. The predicted molar refractivity (Wildman–Crippen MR) is 105 cm³/mol. The van der Waals surface area contributed by atoms with Crippen LogP contribution in [0.1, 0.15) is 36.2 Å². The molecule has 0 saturated heterocycles. The molecule has 0 unspecified atom stereocenters. The first-order valence-electron chi connectivity index (χ1n) is 9.73. The van der Waals surface area contributed by atoms with Gasteiger partial charge in [-0.3, -0.25) is 9.48 Å². The molecule has 0 radical (unpaired) electrons. The van der Waals surface area contributed by atoms with Gasteiger partial charge in [0.15, 0.2) is 5.82 Å². The van der Waals surface area contributed by atoms with Crippen molar-refractivity contribution in [3.05, 3.63) is 60.1 Å². The smallest absolute Gasteiger partial charge is 0.316 e. The summed E-state index contributed by atoms with van der Waals surface area (Å²) in [7, 11) is 1.70. The Hall–Kier alpha value is -3.36. The fourth-order valence-electron chi connectivity index (χ4n) is 3.54. The molecule has 0 atom stereocenters. The van der Waals surface area contributed by atoms with E-state index in [4.69, 9.17) is 4.74 Å². The first kappa shape index (κ1) is 19.9. The van der Waals surface area contributed by atoms with Crippen LogP contribution in [0.4, 0.5) is 8.78 Å². The summed E-state index contributed by atoms with van der Waals surface area (Å²) in [6.45, 7) is 0. The highest BCUT2D eigenvalue weighted by Gasteiger charge is 2.25. The minimum atomic E-state index is -0.508. The number of benzene rings is 1. The average molecular weight is 413 g/mol. The largest absolute Gasteiger partial charge is 0.460 e. The van der Waals surface area contributed by atoms with Gasteiger partial charge in [0.1, 0.15) is 17.6 Å². The third-order valence-electron chi connectivity index (χ3n) is 5.13. The van der Waals surface area contributed by atoms with Gasteiger partial charge in [-0.1, -0.05) is 0 Å². The van der Waals surface area contributed by atoms with Gasteiger partial charge in [-0.2, -0.15) is 5.10 Å². The fourth-order valence-corrected chi connectivity index (χ4v) is 3.54. The predicted octanol–water partition coefficient (Wildman–Crippen LogP) is 3.28. The zero-order chi connectivity index (χ0) is 21.1. The number of amides is 1. The maximum atomic E-state index is 13.1. The van der Waals surface area contributed by atoms with Crippen LogP contribution in [0.3, 0.4) is 0 Å². The summed E-state index contributed by atoms with van der Waals surface area (Å²) >= 11 is 0. The molecule has 0 bridgehead atoms. The Kier molecular flexibility index (Phi) is 5.69. The summed E-state index contributed by atoms with van der Waals surface area (Å²) < 4.78 is 33.2. The van der Waals surface area contributed by atoms with Crippen LogP contribution in [0.25, 0.3) is 11.3 Å². The molecule has 30 heavy (non-hydrogen) atoms. The number of carbonyl (C=O) groups is 1. The van der Waals surface area contributed by atoms with Gasteiger partial charge in [-0.25, -0.2) is 18.7 Å². The fraction of sp³-hybridized carbons (Fsp3) is 0.333. The number of nitrogens with one attached hydrogen (secondary N) is 1. The Balaban J connectivity index is 1.32. The summed E-state index contributed by atoms with van der Waals surface area (Å²) in [6.07, 6.45) is 5.05. The number of hydrogen-bond donors (Lipinski definition) is 1. The molecule has 4 rings (SSSR count). The van der Waals surface area contributed by atoms with Crippen molar-refractivity contribution in [1.82, 2.24) is 25.1 Å². The lowest BCUT2D eigenvalue weighted by atomic mass is 9.93. The highest BCUT2D eigenvalue weighted by Crippen LogP contribution is 2.23. The Bertz CT molecular complexity index is 1010. The van der Waals surface area contributed by atoms with E-state index >= 15 is 0 Å². The van der Waals surface area contributed by atoms with Gasteiger partial charge in [0.05, 0.1) is 18.1 Å². The third-order valence-corrected chi connectivity index (χ3v) is 5.13. The van der Waals surface area contributed by atoms with Crippen molar-refractivity contribution in [2.45, 2.75) is 37.8 Å². The van der Waals surface area contributed by atoms with Gasteiger partial charge in [0.25, 0.3) is 5.91 Å². The van der Waals surface area contributed by atoms with E-state index in [1.807, 2.05) is 0 Å². The molecule has 2 heterocycles. The van der Waals surface area contributed by atoms with Crippen LogP contribution in [0.15, 0.2) is 42.7 Å². The second-order valence-electron chi connectivity index (χ2n) is 7.29. The Morgan fingerprint density at radius 3 is 2.40 bits per heavy atom. The van der Waals surface area contributed by atoms with E-state index < -0.39 is 5.82 Å².